The minimum Gasteiger partial charge on any atom is -0.497 e. The molecule has 0 radical (unpaired) electrons. The Morgan fingerprint density at radius 1 is 1.14 bits per heavy atom. The van der Waals surface area contributed by atoms with Crippen molar-refractivity contribution in [3.8, 4) is 5.75 Å². The maximum atomic E-state index is 12.7. The molecule has 2 aromatic carbocycles. The smallest absolute Gasteiger partial charge is 0.242 e. The standard InChI is InChI=1S/C21H24Cl2N2O3/c1-4-20(26)25(13-15-5-9-18(28-3)10-6-15)14(2)21(27)24-12-16-7-8-17(22)11-19(16)23/h5-11,14H,4,12-13H2,1-3H3,(H,24,27)/t14-/m1/s1. The van der Waals surface area contributed by atoms with E-state index < -0.39 is 6.04 Å². The van der Waals surface area contributed by atoms with E-state index in [2.05, 4.69) is 5.32 Å². The molecule has 1 N–H and O–H groups in total. The van der Waals surface area contributed by atoms with Crippen LogP contribution in [0.1, 0.15) is 31.4 Å². The van der Waals surface area contributed by atoms with E-state index in [0.29, 0.717) is 23.0 Å². The number of rotatable bonds is 8. The number of nitrogens with one attached hydrogen (secondary N) is 1. The fourth-order valence-electron chi connectivity index (χ4n) is 2.71. The molecule has 0 bridgehead atoms. The zero-order valence-electron chi connectivity index (χ0n) is 16.2. The summed E-state index contributed by atoms with van der Waals surface area (Å²) in [4.78, 5) is 26.7. The highest BCUT2D eigenvalue weighted by Crippen LogP contribution is 2.21. The molecular weight excluding hydrogens is 399 g/mol. The Kier molecular flexibility index (Phi) is 8.15. The molecule has 0 saturated carbocycles. The number of amides is 2. The van der Waals surface area contributed by atoms with Crippen LogP contribution in [-0.4, -0.2) is 29.9 Å². The van der Waals surface area contributed by atoms with E-state index in [9.17, 15) is 9.59 Å². The topological polar surface area (TPSA) is 58.6 Å². The average molecular weight is 423 g/mol. The molecular formula is C21H24Cl2N2O3. The van der Waals surface area contributed by atoms with E-state index in [1.807, 2.05) is 24.3 Å². The summed E-state index contributed by atoms with van der Waals surface area (Å²) in [5, 5.41) is 3.86. The predicted octanol–water partition coefficient (Wildman–Crippen LogP) is 4.45. The Hall–Kier alpha value is -2.24. The second kappa shape index (κ2) is 10.3. The first kappa shape index (κ1) is 22.1. The van der Waals surface area contributed by atoms with Gasteiger partial charge in [-0.15, -0.1) is 0 Å². The molecule has 2 rings (SSSR count). The van der Waals surface area contributed by atoms with Crippen molar-refractivity contribution in [3.63, 3.8) is 0 Å². The summed E-state index contributed by atoms with van der Waals surface area (Å²) in [6.07, 6.45) is 0.316. The second-order valence-corrected chi connectivity index (χ2v) is 7.20. The maximum absolute atomic E-state index is 12.7. The Balaban J connectivity index is 2.06. The van der Waals surface area contributed by atoms with Crippen molar-refractivity contribution < 1.29 is 14.3 Å². The molecule has 0 aliphatic rings. The molecule has 0 aliphatic heterocycles. The van der Waals surface area contributed by atoms with E-state index in [1.54, 1.807) is 44.1 Å². The summed E-state index contributed by atoms with van der Waals surface area (Å²) in [5.41, 5.74) is 1.68. The first-order valence-electron chi connectivity index (χ1n) is 8.99. The molecule has 0 spiro atoms. The number of benzene rings is 2. The molecule has 150 valence electrons. The highest BCUT2D eigenvalue weighted by molar-refractivity contribution is 6.35. The quantitative estimate of drug-likeness (QED) is 0.683. The molecule has 0 heterocycles. The first-order chi connectivity index (χ1) is 13.3. The van der Waals surface area contributed by atoms with Gasteiger partial charge in [0.15, 0.2) is 0 Å². The Bertz CT molecular complexity index is 825. The molecule has 0 aliphatic carbocycles. The molecule has 2 amide bonds. The number of ether oxygens (including phenoxy) is 1. The number of methoxy groups -OCH3 is 1. The predicted molar refractivity (Wildman–Crippen MR) is 112 cm³/mol. The molecule has 0 aromatic heterocycles. The number of carbonyl (C=O) groups excluding carboxylic acids is 2. The summed E-state index contributed by atoms with van der Waals surface area (Å²) in [6.45, 7) is 4.10. The van der Waals surface area contributed by atoms with Gasteiger partial charge >= 0.3 is 0 Å². The van der Waals surface area contributed by atoms with Gasteiger partial charge in [-0.05, 0) is 42.3 Å². The average Bonchev–Trinajstić information content (AvgIpc) is 2.70. The monoisotopic (exact) mass is 422 g/mol. The van der Waals surface area contributed by atoms with Crippen molar-refractivity contribution in [1.29, 1.82) is 0 Å². The van der Waals surface area contributed by atoms with Crippen LogP contribution in [0.15, 0.2) is 42.5 Å². The Morgan fingerprint density at radius 3 is 2.39 bits per heavy atom. The van der Waals surface area contributed by atoms with Gasteiger partial charge in [-0.25, -0.2) is 0 Å². The second-order valence-electron chi connectivity index (χ2n) is 6.35. The number of halogens is 2. The van der Waals surface area contributed by atoms with Crippen LogP contribution in [0.4, 0.5) is 0 Å². The minimum atomic E-state index is -0.624. The lowest BCUT2D eigenvalue weighted by atomic mass is 10.1. The van der Waals surface area contributed by atoms with Gasteiger partial charge in [-0.1, -0.05) is 48.3 Å². The normalized spacial score (nSPS) is 11.6. The summed E-state index contributed by atoms with van der Waals surface area (Å²) in [6, 6.07) is 11.9. The fraction of sp³-hybridized carbons (Fsp3) is 0.333. The van der Waals surface area contributed by atoms with Crippen LogP contribution in [0.25, 0.3) is 0 Å². The van der Waals surface area contributed by atoms with Crippen LogP contribution >= 0.6 is 23.2 Å². The number of hydrogen-bond donors (Lipinski definition) is 1. The zero-order chi connectivity index (χ0) is 20.7. The van der Waals surface area contributed by atoms with Gasteiger partial charge in [-0.3, -0.25) is 9.59 Å². The van der Waals surface area contributed by atoms with Crippen LogP contribution < -0.4 is 10.1 Å². The van der Waals surface area contributed by atoms with Crippen molar-refractivity contribution in [2.75, 3.05) is 7.11 Å². The van der Waals surface area contributed by atoms with Gasteiger partial charge < -0.3 is 15.0 Å². The van der Waals surface area contributed by atoms with Crippen LogP contribution in [0, 0.1) is 0 Å². The molecule has 28 heavy (non-hydrogen) atoms. The van der Waals surface area contributed by atoms with E-state index >= 15 is 0 Å². The van der Waals surface area contributed by atoms with E-state index in [4.69, 9.17) is 27.9 Å². The summed E-state index contributed by atoms with van der Waals surface area (Å²) in [7, 11) is 1.60. The first-order valence-corrected chi connectivity index (χ1v) is 9.75. The third kappa shape index (κ3) is 5.88. The third-order valence-corrected chi connectivity index (χ3v) is 5.04. The molecule has 5 nitrogen and oxygen atoms in total. The van der Waals surface area contributed by atoms with Gasteiger partial charge in [0.25, 0.3) is 0 Å². The number of carbonyl (C=O) groups is 2. The summed E-state index contributed by atoms with van der Waals surface area (Å²) >= 11 is 12.0. The summed E-state index contributed by atoms with van der Waals surface area (Å²) in [5.74, 6) is 0.395. The van der Waals surface area contributed by atoms with Gasteiger partial charge in [0.2, 0.25) is 11.8 Å². The van der Waals surface area contributed by atoms with Crippen LogP contribution in [0.2, 0.25) is 10.0 Å². The van der Waals surface area contributed by atoms with Gasteiger partial charge in [0.05, 0.1) is 7.11 Å². The van der Waals surface area contributed by atoms with E-state index in [-0.39, 0.29) is 18.4 Å². The molecule has 0 fully saturated rings. The Labute approximate surface area is 175 Å². The zero-order valence-corrected chi connectivity index (χ0v) is 17.7. The SMILES string of the molecule is CCC(=O)N(Cc1ccc(OC)cc1)[C@H](C)C(=O)NCc1ccc(Cl)cc1Cl. The van der Waals surface area contributed by atoms with Crippen LogP contribution in [-0.2, 0) is 22.7 Å². The van der Waals surface area contributed by atoms with Gasteiger partial charge in [-0.2, -0.15) is 0 Å². The summed E-state index contributed by atoms with van der Waals surface area (Å²) < 4.78 is 5.16. The highest BCUT2D eigenvalue weighted by atomic mass is 35.5. The van der Waals surface area contributed by atoms with Crippen molar-refractivity contribution >= 4 is 35.0 Å². The van der Waals surface area contributed by atoms with Crippen molar-refractivity contribution in [1.82, 2.24) is 10.2 Å². The minimum absolute atomic E-state index is 0.0945. The molecule has 2 aromatic rings. The van der Waals surface area contributed by atoms with E-state index in [1.165, 1.54) is 0 Å². The lowest BCUT2D eigenvalue weighted by Crippen LogP contribution is -2.47. The van der Waals surface area contributed by atoms with Crippen molar-refractivity contribution in [2.45, 2.75) is 39.4 Å². The third-order valence-electron chi connectivity index (χ3n) is 4.45. The van der Waals surface area contributed by atoms with Gasteiger partial charge in [0, 0.05) is 29.6 Å². The molecule has 1 atom stereocenters. The van der Waals surface area contributed by atoms with Crippen molar-refractivity contribution in [3.05, 3.63) is 63.6 Å². The lowest BCUT2D eigenvalue weighted by Gasteiger charge is -2.28. The molecule has 7 heteroatoms. The lowest BCUT2D eigenvalue weighted by molar-refractivity contribution is -0.140. The number of nitrogens with zero attached hydrogens (tertiary/aromatic N) is 1. The largest absolute Gasteiger partial charge is 0.497 e. The molecule has 0 unspecified atom stereocenters. The van der Waals surface area contributed by atoms with E-state index in [0.717, 1.165) is 16.9 Å². The van der Waals surface area contributed by atoms with Crippen molar-refractivity contribution in [2.24, 2.45) is 0 Å². The highest BCUT2D eigenvalue weighted by Gasteiger charge is 2.25. The number of hydrogen-bond acceptors (Lipinski definition) is 3. The van der Waals surface area contributed by atoms with Gasteiger partial charge in [0.1, 0.15) is 11.8 Å². The fourth-order valence-corrected chi connectivity index (χ4v) is 3.18. The Morgan fingerprint density at radius 2 is 1.82 bits per heavy atom. The van der Waals surface area contributed by atoms with Crippen LogP contribution in [0.5, 0.6) is 5.75 Å². The maximum Gasteiger partial charge on any atom is 0.242 e. The van der Waals surface area contributed by atoms with Crippen LogP contribution in [0.3, 0.4) is 0 Å². The molecule has 0 saturated heterocycles.